The lowest BCUT2D eigenvalue weighted by molar-refractivity contribution is 0.00187. The van der Waals surface area contributed by atoms with Crippen molar-refractivity contribution in [1.82, 2.24) is 14.9 Å². The van der Waals surface area contributed by atoms with Crippen LogP contribution in [0.25, 0.3) is 0 Å². The van der Waals surface area contributed by atoms with E-state index in [4.69, 9.17) is 4.74 Å². The van der Waals surface area contributed by atoms with E-state index >= 15 is 0 Å². The van der Waals surface area contributed by atoms with Crippen LogP contribution in [0, 0.1) is 5.82 Å². The third-order valence-electron chi connectivity index (χ3n) is 5.03. The smallest absolute Gasteiger partial charge is 0.222 e. The first-order valence-corrected chi connectivity index (χ1v) is 9.94. The Morgan fingerprint density at radius 1 is 1.14 bits per heavy atom. The second kappa shape index (κ2) is 9.01. The molecule has 0 amide bonds. The quantitative estimate of drug-likeness (QED) is 0.651. The Bertz CT molecular complexity index is 923. The lowest BCUT2D eigenvalue weighted by atomic mass is 10.0. The van der Waals surface area contributed by atoms with E-state index in [0.717, 1.165) is 37.2 Å². The monoisotopic (exact) mass is 392 g/mol. The molecular formula is C23H25FN4O. The first-order valence-electron chi connectivity index (χ1n) is 9.94. The van der Waals surface area contributed by atoms with Gasteiger partial charge in [-0.3, -0.25) is 4.90 Å². The summed E-state index contributed by atoms with van der Waals surface area (Å²) in [5.41, 5.74) is 2.16. The molecule has 0 spiro atoms. The maximum absolute atomic E-state index is 13.5. The minimum Gasteiger partial charge on any atom is -0.475 e. The number of halogens is 1. The zero-order valence-corrected chi connectivity index (χ0v) is 16.5. The summed E-state index contributed by atoms with van der Waals surface area (Å²) in [6, 6.07) is 17.1. The fraction of sp³-hybridized carbons (Fsp3) is 0.304. The highest BCUT2D eigenvalue weighted by Crippen LogP contribution is 2.30. The Balaban J connectivity index is 1.49. The van der Waals surface area contributed by atoms with E-state index < -0.39 is 0 Å². The van der Waals surface area contributed by atoms with Crippen molar-refractivity contribution in [3.8, 4) is 5.75 Å². The van der Waals surface area contributed by atoms with Crippen molar-refractivity contribution in [2.45, 2.75) is 38.6 Å². The minimum absolute atomic E-state index is 0.0749. The molecule has 1 aromatic heterocycles. The Kier molecular flexibility index (Phi) is 6.00. The molecule has 150 valence electrons. The Hall–Kier alpha value is -2.99. The lowest BCUT2D eigenvalue weighted by Crippen LogP contribution is -2.46. The van der Waals surface area contributed by atoms with Gasteiger partial charge in [-0.2, -0.15) is 0 Å². The number of ether oxygens (including phenoxy) is 1. The number of aryl methyl sites for hydroxylation is 1. The van der Waals surface area contributed by atoms with Gasteiger partial charge in [0.15, 0.2) is 6.23 Å². The number of rotatable bonds is 7. The number of nitrogens with one attached hydrogen (secondary N) is 1. The van der Waals surface area contributed by atoms with Crippen LogP contribution in [-0.2, 0) is 13.0 Å². The van der Waals surface area contributed by atoms with Crippen LogP contribution in [0.5, 0.6) is 5.75 Å². The summed E-state index contributed by atoms with van der Waals surface area (Å²) >= 11 is 0. The summed E-state index contributed by atoms with van der Waals surface area (Å²) in [6.07, 6.45) is 4.99. The van der Waals surface area contributed by atoms with E-state index in [1.807, 2.05) is 18.2 Å². The molecule has 0 fully saturated rings. The van der Waals surface area contributed by atoms with E-state index in [0.29, 0.717) is 5.95 Å². The average molecular weight is 392 g/mol. The fourth-order valence-corrected chi connectivity index (χ4v) is 3.69. The molecule has 2 atom stereocenters. The van der Waals surface area contributed by atoms with Gasteiger partial charge in [-0.15, -0.1) is 0 Å². The number of anilines is 1. The number of benzene rings is 2. The highest BCUT2D eigenvalue weighted by atomic mass is 19.1. The molecule has 1 N–H and O–H groups in total. The normalized spacial score (nSPS) is 16.7. The Morgan fingerprint density at radius 2 is 1.93 bits per heavy atom. The summed E-state index contributed by atoms with van der Waals surface area (Å²) in [6.45, 7) is 3.64. The van der Waals surface area contributed by atoms with E-state index in [9.17, 15) is 4.39 Å². The van der Waals surface area contributed by atoms with Crippen molar-refractivity contribution < 1.29 is 9.13 Å². The van der Waals surface area contributed by atoms with Gasteiger partial charge in [0.1, 0.15) is 11.6 Å². The maximum Gasteiger partial charge on any atom is 0.222 e. The standard InChI is InChI=1S/C23H25FN4O/c1-17(27-23-25-12-5-13-26-23)15-28(16-18-6-3-2-4-7-18)22-11-8-19-14-20(24)9-10-21(19)29-22/h2-7,9-10,12-14,17,22H,8,11,15-16H2,1H3,(H,25,26,27)/t17-,22?/m1/s1. The van der Waals surface area contributed by atoms with Crippen LogP contribution in [0.2, 0.25) is 0 Å². The van der Waals surface area contributed by atoms with E-state index in [1.165, 1.54) is 11.6 Å². The predicted molar refractivity (Wildman–Crippen MR) is 111 cm³/mol. The van der Waals surface area contributed by atoms with Gasteiger partial charge in [-0.05, 0) is 48.7 Å². The molecule has 2 aromatic carbocycles. The van der Waals surface area contributed by atoms with Crippen molar-refractivity contribution in [1.29, 1.82) is 0 Å². The van der Waals surface area contributed by atoms with Crippen molar-refractivity contribution in [2.75, 3.05) is 11.9 Å². The molecule has 0 radical (unpaired) electrons. The molecule has 6 heteroatoms. The molecule has 5 nitrogen and oxygen atoms in total. The molecule has 0 saturated carbocycles. The van der Waals surface area contributed by atoms with Crippen molar-refractivity contribution in [2.24, 2.45) is 0 Å². The zero-order valence-electron chi connectivity index (χ0n) is 16.5. The summed E-state index contributed by atoms with van der Waals surface area (Å²) < 4.78 is 19.8. The largest absolute Gasteiger partial charge is 0.475 e. The molecule has 4 rings (SSSR count). The van der Waals surface area contributed by atoms with Crippen LogP contribution in [0.4, 0.5) is 10.3 Å². The highest BCUT2D eigenvalue weighted by molar-refractivity contribution is 5.35. The summed E-state index contributed by atoms with van der Waals surface area (Å²) in [7, 11) is 0. The van der Waals surface area contributed by atoms with Crippen molar-refractivity contribution >= 4 is 5.95 Å². The molecule has 1 aliphatic rings. The Labute approximate surface area is 170 Å². The summed E-state index contributed by atoms with van der Waals surface area (Å²) in [4.78, 5) is 10.8. The molecule has 0 aliphatic carbocycles. The van der Waals surface area contributed by atoms with Gasteiger partial charge in [0.05, 0.1) is 0 Å². The Morgan fingerprint density at radius 3 is 2.72 bits per heavy atom. The maximum atomic E-state index is 13.5. The number of fused-ring (bicyclic) bond motifs is 1. The van der Waals surface area contributed by atoms with Crippen molar-refractivity contribution in [3.05, 3.63) is 83.9 Å². The van der Waals surface area contributed by atoms with Gasteiger partial charge in [-0.1, -0.05) is 30.3 Å². The zero-order chi connectivity index (χ0) is 20.1. The topological polar surface area (TPSA) is 50.3 Å². The van der Waals surface area contributed by atoms with Gasteiger partial charge >= 0.3 is 0 Å². The van der Waals surface area contributed by atoms with Crippen LogP contribution < -0.4 is 10.1 Å². The van der Waals surface area contributed by atoms with Crippen LogP contribution in [0.1, 0.15) is 24.5 Å². The minimum atomic E-state index is -0.215. The molecular weight excluding hydrogens is 367 g/mol. The van der Waals surface area contributed by atoms with Gasteiger partial charge < -0.3 is 10.1 Å². The number of hydrogen-bond acceptors (Lipinski definition) is 5. The number of hydrogen-bond donors (Lipinski definition) is 1. The molecule has 29 heavy (non-hydrogen) atoms. The number of nitrogens with zero attached hydrogens (tertiary/aromatic N) is 3. The molecule has 1 aliphatic heterocycles. The van der Waals surface area contributed by atoms with E-state index in [-0.39, 0.29) is 18.1 Å². The van der Waals surface area contributed by atoms with Crippen molar-refractivity contribution in [3.63, 3.8) is 0 Å². The summed E-state index contributed by atoms with van der Waals surface area (Å²) in [5, 5.41) is 3.35. The summed E-state index contributed by atoms with van der Waals surface area (Å²) in [5.74, 6) is 1.17. The van der Waals surface area contributed by atoms with Gasteiger partial charge in [-0.25, -0.2) is 14.4 Å². The molecule has 3 aromatic rings. The van der Waals surface area contributed by atoms with E-state index in [1.54, 1.807) is 30.6 Å². The second-order valence-corrected chi connectivity index (χ2v) is 7.40. The highest BCUT2D eigenvalue weighted by Gasteiger charge is 2.27. The predicted octanol–water partition coefficient (Wildman–Crippen LogP) is 4.27. The SMILES string of the molecule is C[C@H](CN(Cc1ccccc1)C1CCc2cc(F)ccc2O1)Nc1ncccn1. The number of aromatic nitrogens is 2. The molecule has 1 unspecified atom stereocenters. The van der Waals surface area contributed by atoms with Crippen LogP contribution in [0.3, 0.4) is 0 Å². The van der Waals surface area contributed by atoms with Crippen LogP contribution in [-0.4, -0.2) is 33.7 Å². The van der Waals surface area contributed by atoms with Gasteiger partial charge in [0.25, 0.3) is 0 Å². The van der Waals surface area contributed by atoms with Gasteiger partial charge in [0.2, 0.25) is 5.95 Å². The average Bonchev–Trinajstić information content (AvgIpc) is 2.74. The fourth-order valence-electron chi connectivity index (χ4n) is 3.69. The van der Waals surface area contributed by atoms with E-state index in [2.05, 4.69) is 39.2 Å². The van der Waals surface area contributed by atoms with Crippen LogP contribution >= 0.6 is 0 Å². The lowest BCUT2D eigenvalue weighted by Gasteiger charge is -2.37. The molecule has 0 bridgehead atoms. The van der Waals surface area contributed by atoms with Crippen LogP contribution in [0.15, 0.2) is 67.0 Å². The molecule has 0 saturated heterocycles. The van der Waals surface area contributed by atoms with Gasteiger partial charge in [0, 0.05) is 37.9 Å². The molecule has 2 heterocycles. The first-order chi connectivity index (χ1) is 14.2. The first kappa shape index (κ1) is 19.3. The third kappa shape index (κ3) is 5.09. The third-order valence-corrected chi connectivity index (χ3v) is 5.03. The second-order valence-electron chi connectivity index (χ2n) is 7.40.